The second-order valence-electron chi connectivity index (χ2n) is 7.40. The molecule has 0 amide bonds. The SMILES string of the molecule is COc1ccc(/C=C/C(=O)CC(=O)/C=C/c2ccc(OCCN)c(OCCN)c2)cc1OCCNCl. The average molecular weight is 518 g/mol. The van der Waals surface area contributed by atoms with Crippen molar-refractivity contribution in [2.75, 3.05) is 46.6 Å². The fourth-order valence-electron chi connectivity index (χ4n) is 2.98. The smallest absolute Gasteiger partial charge is 0.163 e. The fraction of sp³-hybridized carbons (Fsp3) is 0.308. The Morgan fingerprint density at radius 1 is 0.806 bits per heavy atom. The van der Waals surface area contributed by atoms with Crippen molar-refractivity contribution in [3.63, 3.8) is 0 Å². The van der Waals surface area contributed by atoms with Crippen molar-refractivity contribution in [2.45, 2.75) is 6.42 Å². The highest BCUT2D eigenvalue weighted by Gasteiger charge is 2.08. The number of hydrogen-bond donors (Lipinski definition) is 3. The molecule has 0 saturated heterocycles. The molecule has 36 heavy (non-hydrogen) atoms. The molecule has 0 radical (unpaired) electrons. The third-order valence-corrected chi connectivity index (χ3v) is 4.82. The maximum atomic E-state index is 12.3. The number of halogens is 1. The van der Waals surface area contributed by atoms with E-state index in [1.807, 2.05) is 0 Å². The van der Waals surface area contributed by atoms with Crippen LogP contribution in [-0.2, 0) is 9.59 Å². The molecule has 10 heteroatoms. The maximum Gasteiger partial charge on any atom is 0.163 e. The van der Waals surface area contributed by atoms with E-state index in [4.69, 9.17) is 42.2 Å². The molecule has 5 N–H and O–H groups in total. The van der Waals surface area contributed by atoms with Gasteiger partial charge < -0.3 is 30.4 Å². The lowest BCUT2D eigenvalue weighted by atomic mass is 10.1. The highest BCUT2D eigenvalue weighted by Crippen LogP contribution is 2.29. The van der Waals surface area contributed by atoms with Gasteiger partial charge in [0.25, 0.3) is 0 Å². The summed E-state index contributed by atoms with van der Waals surface area (Å²) in [5.74, 6) is 1.47. The molecule has 0 spiro atoms. The summed E-state index contributed by atoms with van der Waals surface area (Å²) in [4.78, 5) is 27.1. The van der Waals surface area contributed by atoms with Crippen LogP contribution in [0, 0.1) is 0 Å². The predicted octanol–water partition coefficient (Wildman–Crippen LogP) is 2.75. The van der Waals surface area contributed by atoms with Gasteiger partial charge in [-0.15, -0.1) is 0 Å². The molecule has 0 aliphatic rings. The monoisotopic (exact) mass is 517 g/mol. The molecule has 0 saturated carbocycles. The van der Waals surface area contributed by atoms with E-state index >= 15 is 0 Å². The van der Waals surface area contributed by atoms with Gasteiger partial charge in [-0.1, -0.05) is 24.3 Å². The Bertz CT molecular complexity index is 1060. The number of nitrogens with one attached hydrogen (secondary N) is 1. The Hall–Kier alpha value is -3.37. The van der Waals surface area contributed by atoms with Gasteiger partial charge in [-0.2, -0.15) is 0 Å². The lowest BCUT2D eigenvalue weighted by molar-refractivity contribution is -0.121. The molecule has 2 aromatic carbocycles. The molecule has 0 aliphatic carbocycles. The second kappa shape index (κ2) is 16.3. The lowest BCUT2D eigenvalue weighted by Gasteiger charge is -2.12. The van der Waals surface area contributed by atoms with E-state index in [2.05, 4.69) is 4.84 Å². The van der Waals surface area contributed by atoms with E-state index in [0.717, 1.165) is 5.56 Å². The number of ether oxygens (including phenoxy) is 4. The predicted molar refractivity (Wildman–Crippen MR) is 141 cm³/mol. The number of carbonyl (C=O) groups is 2. The van der Waals surface area contributed by atoms with E-state index < -0.39 is 0 Å². The minimum absolute atomic E-state index is 0.262. The number of benzene rings is 2. The van der Waals surface area contributed by atoms with Gasteiger partial charge >= 0.3 is 0 Å². The molecule has 0 aliphatic heterocycles. The van der Waals surface area contributed by atoms with Gasteiger partial charge in [0.1, 0.15) is 19.8 Å². The van der Waals surface area contributed by atoms with Crippen LogP contribution in [0.15, 0.2) is 48.6 Å². The third-order valence-electron chi connectivity index (χ3n) is 4.63. The van der Waals surface area contributed by atoms with Gasteiger partial charge in [0, 0.05) is 19.6 Å². The first-order valence-electron chi connectivity index (χ1n) is 11.4. The molecule has 0 bridgehead atoms. The van der Waals surface area contributed by atoms with Crippen molar-refractivity contribution in [2.24, 2.45) is 11.5 Å². The van der Waals surface area contributed by atoms with Gasteiger partial charge in [-0.05, 0) is 59.3 Å². The summed E-state index contributed by atoms with van der Waals surface area (Å²) in [7, 11) is 1.54. The summed E-state index contributed by atoms with van der Waals surface area (Å²) in [6.07, 6.45) is 5.69. The highest BCUT2D eigenvalue weighted by molar-refractivity contribution is 6.13. The number of ketones is 2. The summed E-state index contributed by atoms with van der Waals surface area (Å²) in [5, 5.41) is 0. The van der Waals surface area contributed by atoms with Crippen LogP contribution in [0.5, 0.6) is 23.0 Å². The molecule has 9 nitrogen and oxygen atoms in total. The van der Waals surface area contributed by atoms with Crippen molar-refractivity contribution in [1.29, 1.82) is 0 Å². The number of rotatable bonds is 17. The summed E-state index contributed by atoms with van der Waals surface area (Å²) in [5.41, 5.74) is 12.4. The standard InChI is InChI=1S/C26H32ClN3O6/c1-33-23-8-4-19(16-25(23)36-15-12-30-27)2-6-21(31)18-22(32)7-3-20-5-9-24(34-13-10-28)26(17-20)35-14-11-29/h2-9,16-17,30H,10-15,18,28-29H2,1H3/b6-2+,7-3+. The maximum absolute atomic E-state index is 12.3. The Kier molecular flexibility index (Phi) is 13.1. The fourth-order valence-corrected chi connectivity index (χ4v) is 3.05. The normalized spacial score (nSPS) is 11.1. The molecule has 0 aromatic heterocycles. The van der Waals surface area contributed by atoms with Crippen LogP contribution in [0.25, 0.3) is 12.2 Å². The van der Waals surface area contributed by atoms with Crippen LogP contribution in [-0.4, -0.2) is 58.1 Å². The summed E-state index contributed by atoms with van der Waals surface area (Å²) < 4.78 is 22.1. The minimum atomic E-state index is -0.329. The number of nitrogens with two attached hydrogens (primary N) is 2. The van der Waals surface area contributed by atoms with Crippen LogP contribution in [0.4, 0.5) is 0 Å². The van der Waals surface area contributed by atoms with E-state index in [1.54, 1.807) is 48.6 Å². The lowest BCUT2D eigenvalue weighted by Crippen LogP contribution is -2.13. The highest BCUT2D eigenvalue weighted by atomic mass is 35.5. The topological polar surface area (TPSA) is 135 Å². The quantitative estimate of drug-likeness (QED) is 0.125. The summed E-state index contributed by atoms with van der Waals surface area (Å²) in [6, 6.07) is 10.5. The Morgan fingerprint density at radius 3 is 1.83 bits per heavy atom. The van der Waals surface area contributed by atoms with Crippen LogP contribution < -0.4 is 35.3 Å². The van der Waals surface area contributed by atoms with Crippen molar-refractivity contribution >= 4 is 35.5 Å². The number of hydrogen-bond acceptors (Lipinski definition) is 9. The van der Waals surface area contributed by atoms with E-state index in [0.29, 0.717) is 68.0 Å². The summed E-state index contributed by atoms with van der Waals surface area (Å²) >= 11 is 5.44. The first kappa shape index (κ1) is 28.9. The first-order chi connectivity index (χ1) is 17.5. The van der Waals surface area contributed by atoms with Gasteiger partial charge in [0.2, 0.25) is 0 Å². The van der Waals surface area contributed by atoms with Crippen LogP contribution >= 0.6 is 11.8 Å². The van der Waals surface area contributed by atoms with Gasteiger partial charge in [0.05, 0.1) is 13.5 Å². The Balaban J connectivity index is 1.99. The van der Waals surface area contributed by atoms with E-state index in [-0.39, 0.29) is 18.0 Å². The Morgan fingerprint density at radius 2 is 1.31 bits per heavy atom. The molecule has 0 atom stereocenters. The zero-order valence-electron chi connectivity index (χ0n) is 20.2. The van der Waals surface area contributed by atoms with Gasteiger partial charge in [0.15, 0.2) is 34.6 Å². The molecule has 0 unspecified atom stereocenters. The van der Waals surface area contributed by atoms with Gasteiger partial charge in [-0.3, -0.25) is 9.59 Å². The Labute approximate surface area is 216 Å². The first-order valence-corrected chi connectivity index (χ1v) is 11.7. The van der Waals surface area contributed by atoms with Gasteiger partial charge in [-0.25, -0.2) is 4.84 Å². The van der Waals surface area contributed by atoms with Crippen LogP contribution in [0.1, 0.15) is 17.5 Å². The van der Waals surface area contributed by atoms with Crippen LogP contribution in [0.2, 0.25) is 0 Å². The zero-order valence-corrected chi connectivity index (χ0v) is 21.0. The average Bonchev–Trinajstić information content (AvgIpc) is 2.89. The third kappa shape index (κ3) is 10.1. The van der Waals surface area contributed by atoms with Crippen molar-refractivity contribution in [1.82, 2.24) is 4.84 Å². The van der Waals surface area contributed by atoms with E-state index in [9.17, 15) is 9.59 Å². The molecular formula is C26H32ClN3O6. The molecule has 0 heterocycles. The van der Waals surface area contributed by atoms with Crippen molar-refractivity contribution < 1.29 is 28.5 Å². The largest absolute Gasteiger partial charge is 0.493 e. The van der Waals surface area contributed by atoms with E-state index in [1.165, 1.54) is 19.3 Å². The number of carbonyl (C=O) groups excluding carboxylic acids is 2. The second-order valence-corrected chi connectivity index (χ2v) is 7.67. The van der Waals surface area contributed by atoms with Crippen molar-refractivity contribution in [3.8, 4) is 23.0 Å². The number of methoxy groups -OCH3 is 1. The summed E-state index contributed by atoms with van der Waals surface area (Å²) in [6.45, 7) is 2.18. The number of allylic oxidation sites excluding steroid dienone is 2. The minimum Gasteiger partial charge on any atom is -0.493 e. The zero-order chi connectivity index (χ0) is 26.2. The molecule has 194 valence electrons. The van der Waals surface area contributed by atoms with Crippen molar-refractivity contribution in [3.05, 3.63) is 59.7 Å². The van der Waals surface area contributed by atoms with Crippen LogP contribution in [0.3, 0.4) is 0 Å². The molecule has 2 rings (SSSR count). The molecular weight excluding hydrogens is 486 g/mol. The molecule has 0 fully saturated rings. The molecule has 2 aromatic rings.